The first-order chi connectivity index (χ1) is 9.58. The molecular weight excluding hydrogens is 322 g/mol. The molecule has 0 saturated heterocycles. The predicted molar refractivity (Wildman–Crippen MR) is 79.4 cm³/mol. The molecule has 2 rings (SSSR count). The minimum Gasteiger partial charge on any atom is -0.484 e. The smallest absolute Gasteiger partial charge is 0.258 e. The summed E-state index contributed by atoms with van der Waals surface area (Å²) in [6, 6.07) is 7.61. The quantitative estimate of drug-likeness (QED) is 0.909. The first-order valence-electron chi connectivity index (χ1n) is 6.19. The van der Waals surface area contributed by atoms with Crippen molar-refractivity contribution in [2.75, 3.05) is 6.61 Å². The number of amides is 1. The predicted octanol–water partition coefficient (Wildman–Crippen LogP) is 2.19. The van der Waals surface area contributed by atoms with E-state index in [4.69, 9.17) is 4.74 Å². The van der Waals surface area contributed by atoms with Crippen LogP contribution in [0.5, 0.6) is 5.75 Å². The van der Waals surface area contributed by atoms with E-state index in [1.165, 1.54) is 0 Å². The molecule has 5 nitrogen and oxygen atoms in total. The zero-order chi connectivity index (χ0) is 14.5. The minimum absolute atomic E-state index is 0.000321. The number of carbonyl (C=O) groups is 1. The molecule has 20 heavy (non-hydrogen) atoms. The average molecular weight is 338 g/mol. The highest BCUT2D eigenvalue weighted by Crippen LogP contribution is 2.16. The Kier molecular flexibility index (Phi) is 4.79. The maximum absolute atomic E-state index is 11.8. The molecule has 0 unspecified atom stereocenters. The fourth-order valence-electron chi connectivity index (χ4n) is 1.73. The van der Waals surface area contributed by atoms with Gasteiger partial charge in [-0.2, -0.15) is 5.10 Å². The lowest BCUT2D eigenvalue weighted by Crippen LogP contribution is -2.29. The number of benzene rings is 1. The Balaban J connectivity index is 1.83. The van der Waals surface area contributed by atoms with E-state index in [-0.39, 0.29) is 12.5 Å². The molecule has 0 saturated carbocycles. The van der Waals surface area contributed by atoms with Crippen LogP contribution in [0.1, 0.15) is 11.3 Å². The molecule has 1 heterocycles. The van der Waals surface area contributed by atoms with Crippen molar-refractivity contribution in [1.82, 2.24) is 15.1 Å². The Morgan fingerprint density at radius 3 is 2.85 bits per heavy atom. The van der Waals surface area contributed by atoms with Crippen molar-refractivity contribution < 1.29 is 9.53 Å². The van der Waals surface area contributed by atoms with Crippen molar-refractivity contribution in [3.05, 3.63) is 46.2 Å². The van der Waals surface area contributed by atoms with Crippen LogP contribution in [0.4, 0.5) is 0 Å². The fraction of sp³-hybridized carbons (Fsp3) is 0.286. The van der Waals surface area contributed by atoms with Gasteiger partial charge in [-0.25, -0.2) is 0 Å². The van der Waals surface area contributed by atoms with Crippen molar-refractivity contribution in [3.63, 3.8) is 0 Å². The lowest BCUT2D eigenvalue weighted by molar-refractivity contribution is -0.123. The molecule has 0 radical (unpaired) electrons. The molecule has 2 aromatic rings. The van der Waals surface area contributed by atoms with E-state index in [2.05, 4.69) is 26.3 Å². The summed E-state index contributed by atoms with van der Waals surface area (Å²) in [7, 11) is 1.83. The molecule has 1 aromatic carbocycles. The van der Waals surface area contributed by atoms with Gasteiger partial charge >= 0.3 is 0 Å². The summed E-state index contributed by atoms with van der Waals surface area (Å²) in [5.41, 5.74) is 1.92. The topological polar surface area (TPSA) is 56.1 Å². The number of ether oxygens (including phenoxy) is 1. The standard InChI is InChI=1S/C14H16BrN3O2/c1-10-5-3-4-6-13(10)20-9-14(19)16-8-12-11(15)7-17-18(12)2/h3-7H,8-9H2,1-2H3,(H,16,19). The molecule has 0 aliphatic heterocycles. The summed E-state index contributed by atoms with van der Waals surface area (Å²) < 4.78 is 8.07. The number of nitrogens with one attached hydrogen (secondary N) is 1. The number of rotatable bonds is 5. The Hall–Kier alpha value is -1.82. The van der Waals surface area contributed by atoms with Gasteiger partial charge in [-0.15, -0.1) is 0 Å². The number of carbonyl (C=O) groups excluding carboxylic acids is 1. The van der Waals surface area contributed by atoms with E-state index in [1.54, 1.807) is 10.9 Å². The van der Waals surface area contributed by atoms with Gasteiger partial charge in [-0.1, -0.05) is 18.2 Å². The number of aromatic nitrogens is 2. The molecule has 0 aliphatic carbocycles. The van der Waals surface area contributed by atoms with E-state index in [9.17, 15) is 4.79 Å². The SMILES string of the molecule is Cc1ccccc1OCC(=O)NCc1c(Br)cnn1C. The van der Waals surface area contributed by atoms with Crippen molar-refractivity contribution in [2.24, 2.45) is 7.05 Å². The van der Waals surface area contributed by atoms with Crippen LogP contribution in [-0.2, 0) is 18.4 Å². The fourth-order valence-corrected chi connectivity index (χ4v) is 2.22. The van der Waals surface area contributed by atoms with E-state index in [1.807, 2.05) is 38.2 Å². The first-order valence-corrected chi connectivity index (χ1v) is 6.98. The number of nitrogens with zero attached hydrogens (tertiary/aromatic N) is 2. The van der Waals surface area contributed by atoms with Crippen molar-refractivity contribution in [3.8, 4) is 5.75 Å². The summed E-state index contributed by atoms with van der Waals surface area (Å²) in [5, 5.41) is 6.89. The molecule has 1 aromatic heterocycles. The Bertz CT molecular complexity index is 591. The van der Waals surface area contributed by atoms with Crippen LogP contribution in [0.3, 0.4) is 0 Å². The molecule has 1 amide bonds. The van der Waals surface area contributed by atoms with E-state index < -0.39 is 0 Å². The van der Waals surface area contributed by atoms with E-state index in [0.717, 1.165) is 21.5 Å². The monoisotopic (exact) mass is 337 g/mol. The third kappa shape index (κ3) is 3.60. The van der Waals surface area contributed by atoms with Crippen LogP contribution in [0, 0.1) is 6.92 Å². The molecule has 0 fully saturated rings. The number of hydrogen-bond donors (Lipinski definition) is 1. The summed E-state index contributed by atoms with van der Waals surface area (Å²) in [6.07, 6.45) is 1.70. The lowest BCUT2D eigenvalue weighted by atomic mass is 10.2. The zero-order valence-electron chi connectivity index (χ0n) is 11.4. The van der Waals surface area contributed by atoms with Crippen LogP contribution < -0.4 is 10.1 Å². The van der Waals surface area contributed by atoms with Crippen LogP contribution in [0.25, 0.3) is 0 Å². The largest absolute Gasteiger partial charge is 0.484 e. The van der Waals surface area contributed by atoms with Gasteiger partial charge in [0.1, 0.15) is 5.75 Å². The lowest BCUT2D eigenvalue weighted by Gasteiger charge is -2.09. The Labute approximate surface area is 126 Å². The van der Waals surface area contributed by atoms with Gasteiger partial charge in [-0.3, -0.25) is 9.48 Å². The summed E-state index contributed by atoms with van der Waals surface area (Å²) >= 11 is 3.39. The van der Waals surface area contributed by atoms with Crippen LogP contribution in [0.2, 0.25) is 0 Å². The number of hydrogen-bond acceptors (Lipinski definition) is 3. The second-order valence-corrected chi connectivity index (χ2v) is 5.25. The van der Waals surface area contributed by atoms with Crippen LogP contribution in [-0.4, -0.2) is 22.3 Å². The third-order valence-corrected chi connectivity index (χ3v) is 3.58. The van der Waals surface area contributed by atoms with Gasteiger partial charge in [0.25, 0.3) is 5.91 Å². The first kappa shape index (κ1) is 14.6. The van der Waals surface area contributed by atoms with Crippen LogP contribution >= 0.6 is 15.9 Å². The maximum atomic E-state index is 11.8. The summed E-state index contributed by atoms with van der Waals surface area (Å²) in [5.74, 6) is 0.561. The zero-order valence-corrected chi connectivity index (χ0v) is 13.0. The number of halogens is 1. The third-order valence-electron chi connectivity index (χ3n) is 2.92. The highest BCUT2D eigenvalue weighted by Gasteiger charge is 2.09. The van der Waals surface area contributed by atoms with Gasteiger partial charge in [0.05, 0.1) is 22.9 Å². The Morgan fingerprint density at radius 2 is 2.20 bits per heavy atom. The molecule has 106 valence electrons. The van der Waals surface area contributed by atoms with Gasteiger partial charge in [0, 0.05) is 7.05 Å². The molecule has 1 N–H and O–H groups in total. The molecule has 0 aliphatic rings. The van der Waals surface area contributed by atoms with Crippen molar-refractivity contribution in [1.29, 1.82) is 0 Å². The highest BCUT2D eigenvalue weighted by atomic mass is 79.9. The van der Waals surface area contributed by atoms with Gasteiger partial charge in [0.15, 0.2) is 6.61 Å². The van der Waals surface area contributed by atoms with Gasteiger partial charge < -0.3 is 10.1 Å². The molecule has 6 heteroatoms. The van der Waals surface area contributed by atoms with Gasteiger partial charge in [-0.05, 0) is 34.5 Å². The highest BCUT2D eigenvalue weighted by molar-refractivity contribution is 9.10. The normalized spacial score (nSPS) is 10.3. The summed E-state index contributed by atoms with van der Waals surface area (Å²) in [6.45, 7) is 2.35. The second-order valence-electron chi connectivity index (χ2n) is 4.39. The van der Waals surface area contributed by atoms with Crippen molar-refractivity contribution >= 4 is 21.8 Å². The molecule has 0 spiro atoms. The van der Waals surface area contributed by atoms with Crippen LogP contribution in [0.15, 0.2) is 34.9 Å². The molecule has 0 bridgehead atoms. The molecule has 0 atom stereocenters. The Morgan fingerprint density at radius 1 is 1.45 bits per heavy atom. The van der Waals surface area contributed by atoms with Crippen molar-refractivity contribution in [2.45, 2.75) is 13.5 Å². The van der Waals surface area contributed by atoms with Gasteiger partial charge in [0.2, 0.25) is 0 Å². The second kappa shape index (κ2) is 6.56. The maximum Gasteiger partial charge on any atom is 0.258 e. The summed E-state index contributed by atoms with van der Waals surface area (Å²) in [4.78, 5) is 11.8. The minimum atomic E-state index is -0.165. The average Bonchev–Trinajstić information content (AvgIpc) is 2.75. The molecular formula is C14H16BrN3O2. The van der Waals surface area contributed by atoms with E-state index in [0.29, 0.717) is 6.54 Å². The number of aryl methyl sites for hydroxylation is 2. The van der Waals surface area contributed by atoms with E-state index >= 15 is 0 Å². The number of para-hydroxylation sites is 1.